The molecule has 4 heteroatoms. The summed E-state index contributed by atoms with van der Waals surface area (Å²) in [6.45, 7) is 2.95. The Balaban J connectivity index is 1.70. The molecule has 114 valence electrons. The van der Waals surface area contributed by atoms with Crippen LogP contribution in [-0.2, 0) is 0 Å². The molecule has 0 atom stereocenters. The van der Waals surface area contributed by atoms with E-state index in [0.29, 0.717) is 13.1 Å². The number of nitrogens with zero attached hydrogens (tertiary/aromatic N) is 2. The van der Waals surface area contributed by atoms with Gasteiger partial charge in [-0.05, 0) is 30.7 Å². The number of rotatable bonds is 2. The van der Waals surface area contributed by atoms with Gasteiger partial charge in [0.15, 0.2) is 0 Å². The van der Waals surface area contributed by atoms with Gasteiger partial charge in [0.25, 0.3) is 5.91 Å². The van der Waals surface area contributed by atoms with E-state index in [1.54, 1.807) is 23.1 Å². The first kappa shape index (κ1) is 14.6. The SMILES string of the molecule is O=C(c1ccccc1F)N1CCCN(c2ccccc2)CC1. The molecule has 1 heterocycles. The van der Waals surface area contributed by atoms with Gasteiger partial charge < -0.3 is 9.80 Å². The Morgan fingerprint density at radius 3 is 2.36 bits per heavy atom. The number of para-hydroxylation sites is 1. The molecule has 0 aliphatic carbocycles. The van der Waals surface area contributed by atoms with Gasteiger partial charge in [-0.2, -0.15) is 0 Å². The molecule has 1 aliphatic heterocycles. The van der Waals surface area contributed by atoms with Crippen molar-refractivity contribution in [2.75, 3.05) is 31.1 Å². The summed E-state index contributed by atoms with van der Waals surface area (Å²) < 4.78 is 13.8. The van der Waals surface area contributed by atoms with Crippen LogP contribution in [0, 0.1) is 5.82 Å². The van der Waals surface area contributed by atoms with E-state index in [1.165, 1.54) is 11.8 Å². The van der Waals surface area contributed by atoms with Crippen LogP contribution in [0.25, 0.3) is 0 Å². The standard InChI is InChI=1S/C18H19FN2O/c19-17-10-5-4-9-16(17)18(22)21-12-6-11-20(13-14-21)15-7-2-1-3-8-15/h1-5,7-10H,6,11-14H2. The van der Waals surface area contributed by atoms with Gasteiger partial charge >= 0.3 is 0 Å². The first-order valence-electron chi connectivity index (χ1n) is 7.59. The van der Waals surface area contributed by atoms with Gasteiger partial charge in [-0.3, -0.25) is 4.79 Å². The second-order valence-corrected chi connectivity index (χ2v) is 5.45. The van der Waals surface area contributed by atoms with Gasteiger partial charge in [-0.1, -0.05) is 30.3 Å². The molecule has 3 nitrogen and oxygen atoms in total. The minimum absolute atomic E-state index is 0.163. The van der Waals surface area contributed by atoms with Crippen LogP contribution in [0.5, 0.6) is 0 Å². The molecule has 2 aromatic rings. The molecule has 1 saturated heterocycles. The van der Waals surface area contributed by atoms with Gasteiger partial charge in [0.05, 0.1) is 5.56 Å². The molecule has 0 saturated carbocycles. The van der Waals surface area contributed by atoms with Crippen molar-refractivity contribution < 1.29 is 9.18 Å². The summed E-state index contributed by atoms with van der Waals surface area (Å²) in [7, 11) is 0. The van der Waals surface area contributed by atoms with Crippen molar-refractivity contribution in [3.8, 4) is 0 Å². The zero-order valence-electron chi connectivity index (χ0n) is 12.4. The lowest BCUT2D eigenvalue weighted by Crippen LogP contribution is -2.35. The molecular formula is C18H19FN2O. The van der Waals surface area contributed by atoms with E-state index in [9.17, 15) is 9.18 Å². The number of anilines is 1. The number of benzene rings is 2. The normalized spacial score (nSPS) is 15.5. The first-order valence-corrected chi connectivity index (χ1v) is 7.59. The molecule has 22 heavy (non-hydrogen) atoms. The minimum atomic E-state index is -0.448. The highest BCUT2D eigenvalue weighted by Crippen LogP contribution is 2.17. The maximum Gasteiger partial charge on any atom is 0.256 e. The van der Waals surface area contributed by atoms with Crippen molar-refractivity contribution in [2.45, 2.75) is 6.42 Å². The molecule has 1 aliphatic rings. The quantitative estimate of drug-likeness (QED) is 0.850. The fraction of sp³-hybridized carbons (Fsp3) is 0.278. The molecule has 0 aromatic heterocycles. The Kier molecular flexibility index (Phi) is 4.37. The summed E-state index contributed by atoms with van der Waals surface area (Å²) in [6, 6.07) is 16.4. The lowest BCUT2D eigenvalue weighted by atomic mass is 10.2. The Labute approximate surface area is 130 Å². The van der Waals surface area contributed by atoms with Gasteiger partial charge in [0.1, 0.15) is 5.82 Å². The van der Waals surface area contributed by atoms with Gasteiger partial charge in [0, 0.05) is 31.9 Å². The molecule has 0 N–H and O–H groups in total. The number of amides is 1. The van der Waals surface area contributed by atoms with Crippen molar-refractivity contribution in [1.82, 2.24) is 4.90 Å². The van der Waals surface area contributed by atoms with Crippen molar-refractivity contribution in [3.63, 3.8) is 0 Å². The lowest BCUT2D eigenvalue weighted by molar-refractivity contribution is 0.0762. The van der Waals surface area contributed by atoms with E-state index in [-0.39, 0.29) is 11.5 Å². The maximum absolute atomic E-state index is 13.8. The number of hydrogen-bond acceptors (Lipinski definition) is 2. The Hall–Kier alpha value is -2.36. The van der Waals surface area contributed by atoms with Gasteiger partial charge in [-0.25, -0.2) is 4.39 Å². The predicted molar refractivity (Wildman–Crippen MR) is 85.6 cm³/mol. The van der Waals surface area contributed by atoms with Crippen molar-refractivity contribution >= 4 is 11.6 Å². The molecular weight excluding hydrogens is 279 g/mol. The average Bonchev–Trinajstić information content (AvgIpc) is 2.81. The second-order valence-electron chi connectivity index (χ2n) is 5.45. The summed E-state index contributed by atoms with van der Waals surface area (Å²) in [5.74, 6) is -0.662. The van der Waals surface area contributed by atoms with Crippen molar-refractivity contribution in [1.29, 1.82) is 0 Å². The van der Waals surface area contributed by atoms with Crippen LogP contribution in [0.3, 0.4) is 0 Å². The van der Waals surface area contributed by atoms with Gasteiger partial charge in [0.2, 0.25) is 0 Å². The zero-order chi connectivity index (χ0) is 15.4. The first-order chi connectivity index (χ1) is 10.8. The number of carbonyl (C=O) groups excluding carboxylic acids is 1. The molecule has 0 spiro atoms. The topological polar surface area (TPSA) is 23.6 Å². The van der Waals surface area contributed by atoms with E-state index >= 15 is 0 Å². The van der Waals surface area contributed by atoms with E-state index in [0.717, 1.165) is 19.5 Å². The van der Waals surface area contributed by atoms with E-state index in [4.69, 9.17) is 0 Å². The van der Waals surface area contributed by atoms with Crippen molar-refractivity contribution in [3.05, 3.63) is 66.0 Å². The third-order valence-electron chi connectivity index (χ3n) is 4.01. The highest BCUT2D eigenvalue weighted by molar-refractivity contribution is 5.94. The van der Waals surface area contributed by atoms with E-state index < -0.39 is 5.82 Å². The van der Waals surface area contributed by atoms with Crippen LogP contribution in [0.4, 0.5) is 10.1 Å². The second kappa shape index (κ2) is 6.60. The van der Waals surface area contributed by atoms with Crippen LogP contribution in [-0.4, -0.2) is 37.0 Å². The summed E-state index contributed by atoms with van der Waals surface area (Å²) in [4.78, 5) is 16.5. The number of halogens is 1. The zero-order valence-corrected chi connectivity index (χ0v) is 12.4. The Morgan fingerprint density at radius 2 is 1.59 bits per heavy atom. The predicted octanol–water partition coefficient (Wildman–Crippen LogP) is 3.18. The third-order valence-corrected chi connectivity index (χ3v) is 4.01. The number of carbonyl (C=O) groups is 1. The maximum atomic E-state index is 13.8. The molecule has 0 unspecified atom stereocenters. The fourth-order valence-corrected chi connectivity index (χ4v) is 2.82. The largest absolute Gasteiger partial charge is 0.370 e. The average molecular weight is 298 g/mol. The fourth-order valence-electron chi connectivity index (χ4n) is 2.82. The Bertz CT molecular complexity index is 645. The highest BCUT2D eigenvalue weighted by atomic mass is 19.1. The monoisotopic (exact) mass is 298 g/mol. The molecule has 2 aromatic carbocycles. The summed E-state index contributed by atoms with van der Waals surface area (Å²) in [5, 5.41) is 0. The summed E-state index contributed by atoms with van der Waals surface area (Å²) >= 11 is 0. The van der Waals surface area contributed by atoms with Crippen LogP contribution in [0.2, 0.25) is 0 Å². The lowest BCUT2D eigenvalue weighted by Gasteiger charge is -2.23. The molecule has 0 radical (unpaired) electrons. The van der Waals surface area contributed by atoms with Crippen LogP contribution in [0.15, 0.2) is 54.6 Å². The molecule has 1 fully saturated rings. The summed E-state index contributed by atoms with van der Waals surface area (Å²) in [5.41, 5.74) is 1.33. The van der Waals surface area contributed by atoms with E-state index in [2.05, 4.69) is 17.0 Å². The molecule has 3 rings (SSSR count). The minimum Gasteiger partial charge on any atom is -0.370 e. The highest BCUT2D eigenvalue weighted by Gasteiger charge is 2.22. The van der Waals surface area contributed by atoms with E-state index in [1.807, 2.05) is 18.2 Å². The summed E-state index contributed by atoms with van der Waals surface area (Å²) in [6.07, 6.45) is 0.884. The van der Waals surface area contributed by atoms with Gasteiger partial charge in [-0.15, -0.1) is 0 Å². The van der Waals surface area contributed by atoms with Crippen LogP contribution in [0.1, 0.15) is 16.8 Å². The Morgan fingerprint density at radius 1 is 0.864 bits per heavy atom. The van der Waals surface area contributed by atoms with Crippen LogP contribution >= 0.6 is 0 Å². The number of hydrogen-bond donors (Lipinski definition) is 0. The third kappa shape index (κ3) is 3.11. The smallest absolute Gasteiger partial charge is 0.256 e. The molecule has 0 bridgehead atoms. The van der Waals surface area contributed by atoms with Crippen LogP contribution < -0.4 is 4.90 Å². The van der Waals surface area contributed by atoms with Crippen molar-refractivity contribution in [2.24, 2.45) is 0 Å². The molecule has 1 amide bonds.